The zero-order valence-corrected chi connectivity index (χ0v) is 18.3. The molecular formula is C20H23Cl2N3O3S. The zero-order valence-electron chi connectivity index (χ0n) is 16.0. The lowest BCUT2D eigenvalue weighted by molar-refractivity contribution is -0.121. The molecule has 0 saturated carbocycles. The molecule has 0 unspecified atom stereocenters. The zero-order chi connectivity index (χ0) is 21.0. The molecule has 0 aromatic heterocycles. The summed E-state index contributed by atoms with van der Waals surface area (Å²) in [7, 11) is -3.39. The molecule has 0 spiro atoms. The largest absolute Gasteiger partial charge is 0.323 e. The minimum absolute atomic E-state index is 0.0149. The molecule has 1 saturated heterocycles. The monoisotopic (exact) mass is 455 g/mol. The van der Waals surface area contributed by atoms with E-state index >= 15 is 0 Å². The van der Waals surface area contributed by atoms with E-state index in [0.29, 0.717) is 41.9 Å². The Morgan fingerprint density at radius 2 is 1.72 bits per heavy atom. The second-order valence-electron chi connectivity index (χ2n) is 6.97. The molecule has 0 radical (unpaired) electrons. The molecule has 6 nitrogen and oxygen atoms in total. The molecule has 1 amide bonds. The van der Waals surface area contributed by atoms with E-state index in [0.717, 1.165) is 5.56 Å². The molecule has 29 heavy (non-hydrogen) atoms. The van der Waals surface area contributed by atoms with Gasteiger partial charge in [0.05, 0.1) is 22.5 Å². The molecular weight excluding hydrogens is 433 g/mol. The normalized spacial score (nSPS) is 17.1. The number of amides is 1. The van der Waals surface area contributed by atoms with E-state index in [9.17, 15) is 13.2 Å². The average Bonchev–Trinajstić information content (AvgIpc) is 2.70. The molecule has 2 aromatic rings. The highest BCUT2D eigenvalue weighted by atomic mass is 35.5. The smallest absolute Gasteiger partial charge is 0.241 e. The van der Waals surface area contributed by atoms with Crippen molar-refractivity contribution in [1.82, 2.24) is 9.21 Å². The van der Waals surface area contributed by atoms with Crippen molar-refractivity contribution in [2.75, 3.05) is 31.5 Å². The summed E-state index contributed by atoms with van der Waals surface area (Å²) in [5.74, 6) is -0.214. The van der Waals surface area contributed by atoms with Crippen LogP contribution in [0.1, 0.15) is 12.5 Å². The van der Waals surface area contributed by atoms with Crippen LogP contribution in [-0.4, -0.2) is 55.8 Å². The Hall–Kier alpha value is -1.64. The van der Waals surface area contributed by atoms with Crippen LogP contribution in [0.15, 0.2) is 48.5 Å². The third kappa shape index (κ3) is 5.71. The van der Waals surface area contributed by atoms with Gasteiger partial charge in [-0.25, -0.2) is 8.42 Å². The molecule has 1 atom stereocenters. The summed E-state index contributed by atoms with van der Waals surface area (Å²) in [4.78, 5) is 14.6. The summed E-state index contributed by atoms with van der Waals surface area (Å²) in [5, 5.41) is 3.67. The maximum Gasteiger partial charge on any atom is 0.241 e. The molecule has 0 aliphatic carbocycles. The molecule has 1 heterocycles. The number of nitrogens with zero attached hydrogens (tertiary/aromatic N) is 2. The Bertz CT molecular complexity index is 962. The molecule has 1 aliphatic rings. The van der Waals surface area contributed by atoms with Gasteiger partial charge >= 0.3 is 0 Å². The number of anilines is 1. The van der Waals surface area contributed by atoms with Crippen LogP contribution in [0.4, 0.5) is 5.69 Å². The van der Waals surface area contributed by atoms with Crippen LogP contribution < -0.4 is 5.32 Å². The van der Waals surface area contributed by atoms with E-state index in [4.69, 9.17) is 23.2 Å². The van der Waals surface area contributed by atoms with E-state index in [1.165, 1.54) is 4.31 Å². The minimum atomic E-state index is -3.39. The van der Waals surface area contributed by atoms with Gasteiger partial charge in [0.2, 0.25) is 15.9 Å². The first kappa shape index (κ1) is 22.1. The number of piperazine rings is 1. The number of hydrogen-bond donors (Lipinski definition) is 1. The average molecular weight is 456 g/mol. The third-order valence-electron chi connectivity index (χ3n) is 4.97. The fourth-order valence-corrected chi connectivity index (χ4v) is 5.21. The van der Waals surface area contributed by atoms with E-state index in [-0.39, 0.29) is 11.7 Å². The lowest BCUT2D eigenvalue weighted by atomic mass is 10.2. The minimum Gasteiger partial charge on any atom is -0.323 e. The quantitative estimate of drug-likeness (QED) is 0.723. The molecule has 156 valence electrons. The lowest BCUT2D eigenvalue weighted by Crippen LogP contribution is -2.54. The summed E-state index contributed by atoms with van der Waals surface area (Å²) < 4.78 is 26.8. The Kier molecular flexibility index (Phi) is 7.19. The second-order valence-corrected chi connectivity index (χ2v) is 9.78. The number of hydrogen-bond acceptors (Lipinski definition) is 4. The molecule has 1 fully saturated rings. The Morgan fingerprint density at radius 1 is 1.07 bits per heavy atom. The van der Waals surface area contributed by atoms with Gasteiger partial charge in [-0.2, -0.15) is 4.31 Å². The van der Waals surface area contributed by atoms with Gasteiger partial charge in [-0.3, -0.25) is 9.69 Å². The van der Waals surface area contributed by atoms with Crippen LogP contribution in [0.25, 0.3) is 0 Å². The summed E-state index contributed by atoms with van der Waals surface area (Å²) in [6.07, 6.45) is 0. The van der Waals surface area contributed by atoms with Crippen molar-refractivity contribution in [3.63, 3.8) is 0 Å². The van der Waals surface area contributed by atoms with Crippen LogP contribution >= 0.6 is 23.2 Å². The Morgan fingerprint density at radius 3 is 2.34 bits per heavy atom. The van der Waals surface area contributed by atoms with Crippen molar-refractivity contribution in [3.05, 3.63) is 64.1 Å². The molecule has 9 heteroatoms. The molecule has 1 N–H and O–H groups in total. The van der Waals surface area contributed by atoms with Gasteiger partial charge in [-0.05, 0) is 30.7 Å². The van der Waals surface area contributed by atoms with Crippen LogP contribution in [0.5, 0.6) is 0 Å². The lowest BCUT2D eigenvalue weighted by Gasteiger charge is -2.36. The van der Waals surface area contributed by atoms with Gasteiger partial charge in [0, 0.05) is 31.2 Å². The number of nitrogens with one attached hydrogen (secondary N) is 1. The van der Waals surface area contributed by atoms with Crippen molar-refractivity contribution in [3.8, 4) is 0 Å². The van der Waals surface area contributed by atoms with Crippen LogP contribution in [-0.2, 0) is 20.6 Å². The number of benzene rings is 2. The number of carbonyl (C=O) groups excluding carboxylic acids is 1. The SMILES string of the molecule is C[C@@H](C(=O)Nc1ccc(Cl)cc1Cl)N1CCN(S(=O)(=O)Cc2ccccc2)CC1. The topological polar surface area (TPSA) is 69.7 Å². The molecule has 3 rings (SSSR count). The van der Waals surface area contributed by atoms with Gasteiger partial charge in [0.15, 0.2) is 0 Å². The predicted molar refractivity (Wildman–Crippen MR) is 117 cm³/mol. The summed E-state index contributed by atoms with van der Waals surface area (Å²) in [6.45, 7) is 3.48. The highest BCUT2D eigenvalue weighted by Crippen LogP contribution is 2.26. The summed E-state index contributed by atoms with van der Waals surface area (Å²) in [5.41, 5.74) is 1.26. The fraction of sp³-hybridized carbons (Fsp3) is 0.350. The van der Waals surface area contributed by atoms with Gasteiger partial charge < -0.3 is 5.32 Å². The summed E-state index contributed by atoms with van der Waals surface area (Å²) in [6, 6.07) is 13.6. The van der Waals surface area contributed by atoms with E-state index < -0.39 is 16.1 Å². The van der Waals surface area contributed by atoms with Crippen molar-refractivity contribution >= 4 is 44.8 Å². The molecule has 2 aromatic carbocycles. The Balaban J connectivity index is 1.56. The maximum atomic E-state index is 12.7. The van der Waals surface area contributed by atoms with Gasteiger partial charge in [0.25, 0.3) is 0 Å². The number of carbonyl (C=O) groups is 1. The summed E-state index contributed by atoms with van der Waals surface area (Å²) >= 11 is 12.0. The van der Waals surface area contributed by atoms with Gasteiger partial charge in [-0.15, -0.1) is 0 Å². The number of rotatable bonds is 6. The third-order valence-corrected chi connectivity index (χ3v) is 7.37. The van der Waals surface area contributed by atoms with E-state index in [2.05, 4.69) is 5.32 Å². The van der Waals surface area contributed by atoms with Crippen LogP contribution in [0.2, 0.25) is 10.0 Å². The van der Waals surface area contributed by atoms with E-state index in [1.807, 2.05) is 35.2 Å². The van der Waals surface area contributed by atoms with Crippen LogP contribution in [0.3, 0.4) is 0 Å². The fourth-order valence-electron chi connectivity index (χ4n) is 3.24. The van der Waals surface area contributed by atoms with Crippen molar-refractivity contribution in [2.45, 2.75) is 18.7 Å². The molecule has 1 aliphatic heterocycles. The van der Waals surface area contributed by atoms with Crippen molar-refractivity contribution in [1.29, 1.82) is 0 Å². The highest BCUT2D eigenvalue weighted by molar-refractivity contribution is 7.88. The number of halogens is 2. The highest BCUT2D eigenvalue weighted by Gasteiger charge is 2.31. The number of sulfonamides is 1. The van der Waals surface area contributed by atoms with Gasteiger partial charge in [-0.1, -0.05) is 53.5 Å². The van der Waals surface area contributed by atoms with Crippen molar-refractivity contribution < 1.29 is 13.2 Å². The predicted octanol–water partition coefficient (Wildman–Crippen LogP) is 3.47. The van der Waals surface area contributed by atoms with E-state index in [1.54, 1.807) is 25.1 Å². The van der Waals surface area contributed by atoms with Crippen molar-refractivity contribution in [2.24, 2.45) is 0 Å². The second kappa shape index (κ2) is 9.45. The first-order valence-corrected chi connectivity index (χ1v) is 11.6. The first-order valence-electron chi connectivity index (χ1n) is 9.28. The van der Waals surface area contributed by atoms with Gasteiger partial charge in [0.1, 0.15) is 0 Å². The Labute approximate surface area is 181 Å². The maximum absolute atomic E-state index is 12.7. The standard InChI is InChI=1S/C20H23Cl2N3O3S/c1-15(20(26)23-19-8-7-17(21)13-18(19)22)24-9-11-25(12-10-24)29(27,28)14-16-5-3-2-4-6-16/h2-8,13,15H,9-12,14H2,1H3,(H,23,26)/t15-/m0/s1. The van der Waals surface area contributed by atoms with Crippen LogP contribution in [0, 0.1) is 0 Å². The molecule has 0 bridgehead atoms. The first-order chi connectivity index (χ1) is 13.8.